The molecule has 0 spiro atoms. The quantitative estimate of drug-likeness (QED) is 0.762. The number of nitrogens with one attached hydrogen (secondary N) is 2. The summed E-state index contributed by atoms with van der Waals surface area (Å²) in [6.07, 6.45) is 0. The Labute approximate surface area is 126 Å². The minimum absolute atomic E-state index is 0.00909. The van der Waals surface area contributed by atoms with Crippen molar-refractivity contribution in [3.05, 3.63) is 29.8 Å². The zero-order chi connectivity index (χ0) is 16.0. The molecule has 0 bridgehead atoms. The van der Waals surface area contributed by atoms with Crippen LogP contribution in [0.3, 0.4) is 0 Å². The highest BCUT2D eigenvalue weighted by atomic mass is 16.2. The molecule has 0 saturated carbocycles. The SMILES string of the molecule is CNC(=O)C(=O)NCC(c1ccc(N(C)C)cc1)N(C)C. The summed E-state index contributed by atoms with van der Waals surface area (Å²) in [5.41, 5.74) is 2.20. The highest BCUT2D eigenvalue weighted by Crippen LogP contribution is 2.20. The van der Waals surface area contributed by atoms with Crippen molar-refractivity contribution in [1.29, 1.82) is 0 Å². The molecule has 0 fully saturated rings. The van der Waals surface area contributed by atoms with Crippen LogP contribution in [-0.2, 0) is 9.59 Å². The molecule has 1 unspecified atom stereocenters. The van der Waals surface area contributed by atoms with Gasteiger partial charge in [0, 0.05) is 33.4 Å². The van der Waals surface area contributed by atoms with E-state index in [0.717, 1.165) is 11.3 Å². The van der Waals surface area contributed by atoms with Crippen molar-refractivity contribution in [3.8, 4) is 0 Å². The van der Waals surface area contributed by atoms with Crippen molar-refractivity contribution in [1.82, 2.24) is 15.5 Å². The Morgan fingerprint density at radius 1 is 1.05 bits per heavy atom. The number of carbonyl (C=O) groups excluding carboxylic acids is 2. The standard InChI is InChI=1S/C15H24N4O2/c1-16-14(20)15(21)17-10-13(19(4)5)11-6-8-12(9-7-11)18(2)3/h6-9,13H,10H2,1-5H3,(H,16,20)(H,17,21). The van der Waals surface area contributed by atoms with E-state index >= 15 is 0 Å². The van der Waals surface area contributed by atoms with E-state index in [0.29, 0.717) is 6.54 Å². The molecule has 0 aliphatic rings. The molecule has 1 aromatic rings. The van der Waals surface area contributed by atoms with Crippen LogP contribution < -0.4 is 15.5 Å². The summed E-state index contributed by atoms with van der Waals surface area (Å²) in [6.45, 7) is 0.376. The van der Waals surface area contributed by atoms with Gasteiger partial charge >= 0.3 is 11.8 Å². The van der Waals surface area contributed by atoms with Crippen LogP contribution in [0.1, 0.15) is 11.6 Å². The Morgan fingerprint density at radius 3 is 2.05 bits per heavy atom. The number of hydrogen-bond donors (Lipinski definition) is 2. The van der Waals surface area contributed by atoms with Gasteiger partial charge in [-0.25, -0.2) is 0 Å². The lowest BCUT2D eigenvalue weighted by molar-refractivity contribution is -0.139. The fourth-order valence-corrected chi connectivity index (χ4v) is 1.98. The maximum absolute atomic E-state index is 11.5. The first-order valence-corrected chi connectivity index (χ1v) is 6.80. The van der Waals surface area contributed by atoms with Crippen LogP contribution in [0, 0.1) is 0 Å². The van der Waals surface area contributed by atoms with Crippen molar-refractivity contribution < 1.29 is 9.59 Å². The molecule has 0 heterocycles. The first-order chi connectivity index (χ1) is 9.86. The molecule has 0 aromatic heterocycles. The molecule has 1 rings (SSSR count). The van der Waals surface area contributed by atoms with Crippen molar-refractivity contribution in [3.63, 3.8) is 0 Å². The second-order valence-electron chi connectivity index (χ2n) is 5.25. The highest BCUT2D eigenvalue weighted by Gasteiger charge is 2.17. The van der Waals surface area contributed by atoms with E-state index in [1.807, 2.05) is 62.3 Å². The zero-order valence-corrected chi connectivity index (χ0v) is 13.3. The Kier molecular flexibility index (Phi) is 6.17. The maximum Gasteiger partial charge on any atom is 0.309 e. The summed E-state index contributed by atoms with van der Waals surface area (Å²) in [7, 11) is 9.29. The molecule has 0 aliphatic carbocycles. The monoisotopic (exact) mass is 292 g/mol. The van der Waals surface area contributed by atoms with E-state index < -0.39 is 11.8 Å². The summed E-state index contributed by atoms with van der Waals surface area (Å²) in [5, 5.41) is 4.95. The van der Waals surface area contributed by atoms with E-state index in [4.69, 9.17) is 0 Å². The molecule has 0 saturated heterocycles. The average molecular weight is 292 g/mol. The number of nitrogens with zero attached hydrogens (tertiary/aromatic N) is 2. The lowest BCUT2D eigenvalue weighted by atomic mass is 10.1. The van der Waals surface area contributed by atoms with Crippen LogP contribution in [-0.4, -0.2) is 58.5 Å². The summed E-state index contributed by atoms with van der Waals surface area (Å²) in [4.78, 5) is 26.8. The van der Waals surface area contributed by atoms with Crippen LogP contribution in [0.4, 0.5) is 5.69 Å². The Hall–Kier alpha value is -2.08. The van der Waals surface area contributed by atoms with Gasteiger partial charge in [0.15, 0.2) is 0 Å². The number of likely N-dealkylation sites (N-methyl/N-ethyl adjacent to an activating group) is 2. The van der Waals surface area contributed by atoms with Crippen molar-refractivity contribution >= 4 is 17.5 Å². The highest BCUT2D eigenvalue weighted by molar-refractivity contribution is 6.35. The van der Waals surface area contributed by atoms with E-state index in [-0.39, 0.29) is 6.04 Å². The van der Waals surface area contributed by atoms with Crippen molar-refractivity contribution in [2.24, 2.45) is 0 Å². The number of anilines is 1. The van der Waals surface area contributed by atoms with Gasteiger partial charge in [-0.15, -0.1) is 0 Å². The predicted molar refractivity (Wildman–Crippen MR) is 84.3 cm³/mol. The number of rotatable bonds is 5. The minimum atomic E-state index is -0.629. The van der Waals surface area contributed by atoms with Gasteiger partial charge < -0.3 is 20.4 Å². The Morgan fingerprint density at radius 2 is 1.62 bits per heavy atom. The van der Waals surface area contributed by atoms with Crippen molar-refractivity contribution in [2.45, 2.75) is 6.04 Å². The summed E-state index contributed by atoms with van der Waals surface area (Å²) in [6, 6.07) is 8.14. The van der Waals surface area contributed by atoms with Gasteiger partial charge in [-0.3, -0.25) is 9.59 Å². The number of amides is 2. The Balaban J connectivity index is 2.77. The first-order valence-electron chi connectivity index (χ1n) is 6.80. The van der Waals surface area contributed by atoms with Crippen LogP contribution in [0.2, 0.25) is 0 Å². The van der Waals surface area contributed by atoms with Gasteiger partial charge in [0.1, 0.15) is 0 Å². The summed E-state index contributed by atoms with van der Waals surface area (Å²) >= 11 is 0. The third-order valence-corrected chi connectivity index (χ3v) is 3.31. The number of benzene rings is 1. The molecule has 1 atom stereocenters. The lowest BCUT2D eigenvalue weighted by Gasteiger charge is -2.25. The molecular formula is C15H24N4O2. The zero-order valence-electron chi connectivity index (χ0n) is 13.3. The molecule has 21 heavy (non-hydrogen) atoms. The van der Waals surface area contributed by atoms with E-state index in [1.54, 1.807) is 0 Å². The molecule has 2 N–H and O–H groups in total. The van der Waals surface area contributed by atoms with E-state index in [9.17, 15) is 9.59 Å². The fourth-order valence-electron chi connectivity index (χ4n) is 1.98. The minimum Gasteiger partial charge on any atom is -0.378 e. The number of carbonyl (C=O) groups is 2. The predicted octanol–water partition coefficient (Wildman–Crippen LogP) is 0.218. The van der Waals surface area contributed by atoms with E-state index in [2.05, 4.69) is 10.6 Å². The first kappa shape index (κ1) is 17.0. The smallest absolute Gasteiger partial charge is 0.309 e. The van der Waals surface area contributed by atoms with Gasteiger partial charge in [-0.2, -0.15) is 0 Å². The maximum atomic E-state index is 11.5. The third kappa shape index (κ3) is 4.75. The van der Waals surface area contributed by atoms with Crippen LogP contribution in [0.15, 0.2) is 24.3 Å². The topological polar surface area (TPSA) is 64.7 Å². The van der Waals surface area contributed by atoms with Crippen LogP contribution in [0.25, 0.3) is 0 Å². The van der Waals surface area contributed by atoms with Crippen LogP contribution in [0.5, 0.6) is 0 Å². The third-order valence-electron chi connectivity index (χ3n) is 3.31. The van der Waals surface area contributed by atoms with E-state index in [1.165, 1.54) is 7.05 Å². The molecule has 0 aliphatic heterocycles. The molecule has 1 aromatic carbocycles. The largest absolute Gasteiger partial charge is 0.378 e. The van der Waals surface area contributed by atoms with Gasteiger partial charge in [-0.1, -0.05) is 12.1 Å². The number of hydrogen-bond acceptors (Lipinski definition) is 4. The van der Waals surface area contributed by atoms with Gasteiger partial charge in [0.25, 0.3) is 0 Å². The second-order valence-corrected chi connectivity index (χ2v) is 5.25. The molecule has 6 nitrogen and oxygen atoms in total. The average Bonchev–Trinajstić information content (AvgIpc) is 2.46. The fraction of sp³-hybridized carbons (Fsp3) is 0.467. The molecular weight excluding hydrogens is 268 g/mol. The molecule has 116 valence electrons. The molecule has 2 amide bonds. The Bertz CT molecular complexity index is 483. The normalized spacial score (nSPS) is 11.9. The van der Waals surface area contributed by atoms with Crippen LogP contribution >= 0.6 is 0 Å². The second kappa shape index (κ2) is 7.64. The summed E-state index contributed by atoms with van der Waals surface area (Å²) in [5.74, 6) is -1.25. The molecule has 0 radical (unpaired) electrons. The van der Waals surface area contributed by atoms with Gasteiger partial charge in [0.05, 0.1) is 6.04 Å². The molecule has 6 heteroatoms. The van der Waals surface area contributed by atoms with Gasteiger partial charge in [0.2, 0.25) is 0 Å². The lowest BCUT2D eigenvalue weighted by Crippen LogP contribution is -2.42. The van der Waals surface area contributed by atoms with Crippen molar-refractivity contribution in [2.75, 3.05) is 46.7 Å². The van der Waals surface area contributed by atoms with Gasteiger partial charge in [-0.05, 0) is 31.8 Å². The summed E-state index contributed by atoms with van der Waals surface area (Å²) < 4.78 is 0.